The summed E-state index contributed by atoms with van der Waals surface area (Å²) in [5, 5.41) is 0. The van der Waals surface area contributed by atoms with Crippen LogP contribution in [-0.4, -0.2) is 0 Å². The van der Waals surface area contributed by atoms with Gasteiger partial charge in [0.25, 0.3) is 0 Å². The molecule has 0 N–H and O–H groups in total. The predicted molar refractivity (Wildman–Crippen MR) is 78.5 cm³/mol. The fraction of sp³-hybridized carbons (Fsp3) is 0.889. The predicted octanol–water partition coefficient (Wildman–Crippen LogP) is 5.73. The lowest BCUT2D eigenvalue weighted by Crippen LogP contribution is -2.56. The van der Waals surface area contributed by atoms with E-state index in [2.05, 4.69) is 32.9 Å². The molecule has 0 heteroatoms. The van der Waals surface area contributed by atoms with Crippen molar-refractivity contribution in [2.75, 3.05) is 0 Å². The van der Waals surface area contributed by atoms with E-state index < -0.39 is 0 Å². The van der Waals surface area contributed by atoms with Gasteiger partial charge >= 0.3 is 0 Å². The first kappa shape index (κ1) is 12.8. The van der Waals surface area contributed by atoms with Gasteiger partial charge in [-0.2, -0.15) is 0 Å². The van der Waals surface area contributed by atoms with Crippen LogP contribution in [0.15, 0.2) is 12.2 Å². The Balaban J connectivity index is 1.98. The molecule has 0 aromatic rings. The van der Waals surface area contributed by atoms with Gasteiger partial charge in [0.15, 0.2) is 0 Å². The third-order valence-corrected chi connectivity index (χ3v) is 6.39. The van der Waals surface area contributed by atoms with Gasteiger partial charge < -0.3 is 0 Å². The summed E-state index contributed by atoms with van der Waals surface area (Å²) in [4.78, 5) is 0. The fourth-order valence-electron chi connectivity index (χ4n) is 6.67. The molecule has 18 heavy (non-hydrogen) atoms. The maximum absolute atomic E-state index is 2.60. The van der Waals surface area contributed by atoms with Crippen molar-refractivity contribution >= 4 is 0 Å². The first-order chi connectivity index (χ1) is 8.59. The van der Waals surface area contributed by atoms with Crippen molar-refractivity contribution < 1.29 is 0 Å². The summed E-state index contributed by atoms with van der Waals surface area (Å²) in [5.41, 5.74) is 2.04. The van der Waals surface area contributed by atoms with Gasteiger partial charge in [-0.25, -0.2) is 0 Å². The van der Waals surface area contributed by atoms with E-state index in [4.69, 9.17) is 0 Å². The number of rotatable bonds is 4. The van der Waals surface area contributed by atoms with Gasteiger partial charge in [-0.15, -0.1) is 0 Å². The summed E-state index contributed by atoms with van der Waals surface area (Å²) in [6.45, 7) is 7.07. The van der Waals surface area contributed by atoms with Crippen molar-refractivity contribution in [3.63, 3.8) is 0 Å². The maximum atomic E-state index is 2.60. The second kappa shape index (κ2) is 4.12. The molecule has 0 spiro atoms. The number of allylic oxidation sites excluding steroid dienone is 2. The second-order valence-corrected chi connectivity index (χ2v) is 7.97. The minimum Gasteiger partial charge on any atom is -0.0911 e. The molecule has 4 rings (SSSR count). The van der Waals surface area contributed by atoms with Gasteiger partial charge in [-0.05, 0) is 74.0 Å². The molecule has 0 radical (unpaired) electrons. The van der Waals surface area contributed by atoms with Crippen molar-refractivity contribution in [2.24, 2.45) is 22.2 Å². The van der Waals surface area contributed by atoms with Crippen LogP contribution in [0.2, 0.25) is 0 Å². The molecule has 4 atom stereocenters. The lowest BCUT2D eigenvalue weighted by molar-refractivity contribution is -0.144. The molecule has 4 fully saturated rings. The number of hydrogen-bond acceptors (Lipinski definition) is 0. The molecule has 4 unspecified atom stereocenters. The van der Waals surface area contributed by atoms with Crippen molar-refractivity contribution in [2.45, 2.75) is 78.6 Å². The van der Waals surface area contributed by atoms with Crippen LogP contribution in [0.3, 0.4) is 0 Å². The highest BCUT2D eigenvalue weighted by Crippen LogP contribution is 2.72. The normalized spacial score (nSPS) is 50.3. The Labute approximate surface area is 113 Å². The summed E-state index contributed by atoms with van der Waals surface area (Å²) >= 11 is 0. The molecular weight excluding hydrogens is 216 g/mol. The summed E-state index contributed by atoms with van der Waals surface area (Å²) in [6, 6.07) is 0. The molecule has 0 aliphatic heterocycles. The van der Waals surface area contributed by atoms with Gasteiger partial charge in [-0.3, -0.25) is 0 Å². The highest BCUT2D eigenvalue weighted by molar-refractivity contribution is 5.17. The van der Waals surface area contributed by atoms with E-state index in [1.165, 1.54) is 38.5 Å². The second-order valence-electron chi connectivity index (χ2n) is 7.97. The van der Waals surface area contributed by atoms with Gasteiger partial charge in [0.2, 0.25) is 0 Å². The highest BCUT2D eigenvalue weighted by atomic mass is 14.7. The van der Waals surface area contributed by atoms with Crippen molar-refractivity contribution in [1.82, 2.24) is 0 Å². The highest BCUT2D eigenvalue weighted by Gasteiger charge is 2.61. The summed E-state index contributed by atoms with van der Waals surface area (Å²) in [7, 11) is 0. The quantitative estimate of drug-likeness (QED) is 0.556. The van der Waals surface area contributed by atoms with E-state index in [1.54, 1.807) is 19.3 Å². The molecular formula is C18H30. The summed E-state index contributed by atoms with van der Waals surface area (Å²) in [6.07, 6.45) is 18.4. The van der Waals surface area contributed by atoms with Crippen LogP contribution in [-0.2, 0) is 0 Å². The topological polar surface area (TPSA) is 0 Å². The van der Waals surface area contributed by atoms with E-state index >= 15 is 0 Å². The molecule has 4 saturated carbocycles. The molecule has 4 bridgehead atoms. The third kappa shape index (κ3) is 1.79. The lowest BCUT2D eigenvalue weighted by atomic mass is 9.38. The SMILES string of the molecule is C/C=C/C12CC3CC(CC)(C1)CC(CCC)(C3)C2. The van der Waals surface area contributed by atoms with Crippen LogP contribution in [0.5, 0.6) is 0 Å². The minimum atomic E-state index is 0.597. The van der Waals surface area contributed by atoms with Crippen LogP contribution in [0.1, 0.15) is 78.6 Å². The van der Waals surface area contributed by atoms with E-state index in [-0.39, 0.29) is 0 Å². The molecule has 0 heterocycles. The fourth-order valence-corrected chi connectivity index (χ4v) is 6.67. The van der Waals surface area contributed by atoms with Gasteiger partial charge in [0, 0.05) is 0 Å². The lowest BCUT2D eigenvalue weighted by Gasteiger charge is -2.66. The molecule has 0 saturated heterocycles. The van der Waals surface area contributed by atoms with Crippen LogP contribution in [0, 0.1) is 22.2 Å². The van der Waals surface area contributed by atoms with Crippen LogP contribution < -0.4 is 0 Å². The van der Waals surface area contributed by atoms with Crippen LogP contribution in [0.4, 0.5) is 0 Å². The molecule has 4 aliphatic carbocycles. The van der Waals surface area contributed by atoms with E-state index in [9.17, 15) is 0 Å². The standard InChI is InChI=1S/C18H30/c1-4-7-17-10-15-9-16(6-3,12-17)13-18(11-15,14-17)8-5-2/h4,7,15H,5-6,8-14H2,1-3H3/b7-4+. The molecule has 4 aliphatic rings. The molecule has 0 nitrogen and oxygen atoms in total. The molecule has 0 aromatic heterocycles. The van der Waals surface area contributed by atoms with Crippen molar-refractivity contribution in [3.05, 3.63) is 12.2 Å². The average Bonchev–Trinajstić information content (AvgIpc) is 2.27. The Bertz CT molecular complexity index is 355. The minimum absolute atomic E-state index is 0.597. The zero-order valence-electron chi connectivity index (χ0n) is 12.6. The van der Waals surface area contributed by atoms with Crippen LogP contribution in [0.25, 0.3) is 0 Å². The number of hydrogen-bond donors (Lipinski definition) is 0. The van der Waals surface area contributed by atoms with Crippen molar-refractivity contribution in [1.29, 1.82) is 0 Å². The van der Waals surface area contributed by atoms with E-state index in [1.807, 2.05) is 0 Å². The zero-order chi connectivity index (χ0) is 12.9. The largest absolute Gasteiger partial charge is 0.0911 e. The summed E-state index contributed by atoms with van der Waals surface area (Å²) in [5.74, 6) is 1.05. The third-order valence-electron chi connectivity index (χ3n) is 6.39. The Morgan fingerprint density at radius 2 is 1.72 bits per heavy atom. The first-order valence-electron chi connectivity index (χ1n) is 8.23. The first-order valence-corrected chi connectivity index (χ1v) is 8.23. The van der Waals surface area contributed by atoms with Crippen molar-refractivity contribution in [3.8, 4) is 0 Å². The Morgan fingerprint density at radius 1 is 1.00 bits per heavy atom. The van der Waals surface area contributed by atoms with Gasteiger partial charge in [0.05, 0.1) is 0 Å². The van der Waals surface area contributed by atoms with Crippen LogP contribution >= 0.6 is 0 Å². The molecule has 0 aromatic carbocycles. The Hall–Kier alpha value is -0.260. The van der Waals surface area contributed by atoms with Gasteiger partial charge in [0.1, 0.15) is 0 Å². The Morgan fingerprint density at radius 3 is 2.39 bits per heavy atom. The maximum Gasteiger partial charge on any atom is -0.0105 e. The Kier molecular flexibility index (Phi) is 2.92. The smallest absolute Gasteiger partial charge is 0.0105 e. The van der Waals surface area contributed by atoms with E-state index in [0.717, 1.165) is 11.3 Å². The van der Waals surface area contributed by atoms with E-state index in [0.29, 0.717) is 10.8 Å². The average molecular weight is 246 g/mol. The monoisotopic (exact) mass is 246 g/mol. The zero-order valence-corrected chi connectivity index (χ0v) is 12.6. The summed E-state index contributed by atoms with van der Waals surface area (Å²) < 4.78 is 0. The van der Waals surface area contributed by atoms with Gasteiger partial charge in [-0.1, -0.05) is 38.8 Å². The molecule has 0 amide bonds. The molecule has 102 valence electrons.